The lowest BCUT2D eigenvalue weighted by molar-refractivity contribution is 0.00855. The summed E-state index contributed by atoms with van der Waals surface area (Å²) >= 11 is 0. The minimum Gasteiger partial charge on any atom is -0.373 e. The van der Waals surface area contributed by atoms with Gasteiger partial charge in [0.25, 0.3) is 0 Å². The number of nitrogens with two attached hydrogens (primary N) is 1. The molecule has 0 saturated heterocycles. The molecular weight excluding hydrogens is 240 g/mol. The van der Waals surface area contributed by atoms with Crippen molar-refractivity contribution in [3.05, 3.63) is 17.1 Å². The van der Waals surface area contributed by atoms with Gasteiger partial charge >= 0.3 is 0 Å². The molecule has 1 aliphatic carbocycles. The van der Waals surface area contributed by atoms with Crippen molar-refractivity contribution in [2.75, 3.05) is 12.5 Å². The lowest BCUT2D eigenvalue weighted by Crippen LogP contribution is -2.25. The molecule has 5 heteroatoms. The topological polar surface area (TPSA) is 73.1 Å². The number of nitrogens with zero attached hydrogens (tertiary/aromatic N) is 2. The van der Waals surface area contributed by atoms with Gasteiger partial charge in [0.15, 0.2) is 5.82 Å². The number of aryl methyl sites for hydroxylation is 1. The number of hydrogen-bond donors (Lipinski definition) is 2. The molecule has 1 heterocycles. The monoisotopic (exact) mass is 264 g/mol. The maximum atomic E-state index is 5.61. The van der Waals surface area contributed by atoms with Gasteiger partial charge in [-0.2, -0.15) is 0 Å². The van der Waals surface area contributed by atoms with Gasteiger partial charge in [-0.3, -0.25) is 0 Å². The van der Waals surface area contributed by atoms with Gasteiger partial charge in [0.1, 0.15) is 11.9 Å². The zero-order chi connectivity index (χ0) is 14.0. The molecule has 0 saturated carbocycles. The van der Waals surface area contributed by atoms with E-state index in [0.717, 1.165) is 30.2 Å². The Morgan fingerprint density at radius 3 is 2.47 bits per heavy atom. The molecule has 2 rings (SSSR count). The second-order valence-electron chi connectivity index (χ2n) is 6.19. The van der Waals surface area contributed by atoms with E-state index in [4.69, 9.17) is 15.6 Å². The Kier molecular flexibility index (Phi) is 4.06. The zero-order valence-electron chi connectivity index (χ0n) is 12.3. The molecule has 0 fully saturated rings. The van der Waals surface area contributed by atoms with E-state index in [0.29, 0.717) is 0 Å². The number of hydrazine groups is 1. The van der Waals surface area contributed by atoms with Crippen LogP contribution in [0.4, 0.5) is 5.82 Å². The maximum Gasteiger partial charge on any atom is 0.160 e. The summed E-state index contributed by atoms with van der Waals surface area (Å²) in [4.78, 5) is 9.30. The van der Waals surface area contributed by atoms with E-state index in [-0.39, 0.29) is 11.5 Å². The molecule has 0 radical (unpaired) electrons. The molecule has 1 aromatic heterocycles. The fourth-order valence-electron chi connectivity index (χ4n) is 2.70. The van der Waals surface area contributed by atoms with Crippen LogP contribution < -0.4 is 11.3 Å². The van der Waals surface area contributed by atoms with Gasteiger partial charge in [0.2, 0.25) is 0 Å². The number of hydrogen-bond acceptors (Lipinski definition) is 5. The Morgan fingerprint density at radius 2 is 1.89 bits per heavy atom. The fourth-order valence-corrected chi connectivity index (χ4v) is 2.70. The first-order valence-corrected chi connectivity index (χ1v) is 6.86. The normalized spacial score (nSPS) is 16.9. The molecule has 1 atom stereocenters. The van der Waals surface area contributed by atoms with E-state index in [1.807, 2.05) is 0 Å². The van der Waals surface area contributed by atoms with Crippen LogP contribution in [0.5, 0.6) is 0 Å². The molecule has 0 spiro atoms. The van der Waals surface area contributed by atoms with E-state index in [1.165, 1.54) is 18.4 Å². The Labute approximate surface area is 114 Å². The second-order valence-corrected chi connectivity index (χ2v) is 6.19. The number of anilines is 1. The Hall–Kier alpha value is -1.20. The first kappa shape index (κ1) is 14.2. The summed E-state index contributed by atoms with van der Waals surface area (Å²) in [7, 11) is 1.70. The van der Waals surface area contributed by atoms with Crippen LogP contribution in [-0.4, -0.2) is 17.1 Å². The van der Waals surface area contributed by atoms with E-state index >= 15 is 0 Å². The third-order valence-corrected chi connectivity index (χ3v) is 3.59. The molecule has 5 nitrogen and oxygen atoms in total. The maximum absolute atomic E-state index is 5.61. The summed E-state index contributed by atoms with van der Waals surface area (Å²) in [6, 6.07) is 0. The molecule has 0 aliphatic heterocycles. The van der Waals surface area contributed by atoms with Gasteiger partial charge in [0.05, 0.1) is 0 Å². The Bertz CT molecular complexity index is 436. The van der Waals surface area contributed by atoms with Crippen LogP contribution in [0.15, 0.2) is 0 Å². The quantitative estimate of drug-likeness (QED) is 0.647. The summed E-state index contributed by atoms with van der Waals surface area (Å²) in [5.74, 6) is 7.09. The predicted octanol–water partition coefficient (Wildman–Crippen LogP) is 2.37. The molecular formula is C14H24N4O. The van der Waals surface area contributed by atoms with Crippen molar-refractivity contribution < 1.29 is 4.74 Å². The smallest absolute Gasteiger partial charge is 0.160 e. The van der Waals surface area contributed by atoms with Crippen LogP contribution >= 0.6 is 0 Å². The van der Waals surface area contributed by atoms with Crippen molar-refractivity contribution in [3.63, 3.8) is 0 Å². The molecule has 3 N–H and O–H groups in total. The van der Waals surface area contributed by atoms with Crippen LogP contribution in [-0.2, 0) is 17.6 Å². The molecule has 1 aliphatic rings. The summed E-state index contributed by atoms with van der Waals surface area (Å²) in [5.41, 5.74) is 4.96. The number of nitrogen functional groups attached to an aromatic ring is 1. The molecule has 1 aromatic rings. The largest absolute Gasteiger partial charge is 0.373 e. The van der Waals surface area contributed by atoms with Crippen molar-refractivity contribution in [1.29, 1.82) is 0 Å². The lowest BCUT2D eigenvalue weighted by atomic mass is 9.88. The zero-order valence-corrected chi connectivity index (χ0v) is 12.3. The molecule has 0 amide bonds. The number of aromatic nitrogens is 2. The number of rotatable bonds is 3. The van der Waals surface area contributed by atoms with E-state index in [9.17, 15) is 0 Å². The molecule has 0 aromatic carbocycles. The second kappa shape index (κ2) is 5.43. The third kappa shape index (κ3) is 2.87. The van der Waals surface area contributed by atoms with Gasteiger partial charge in [-0.05, 0) is 31.1 Å². The SMILES string of the molecule is COC(c1nc2c(c(NN)n1)CCCC2)C(C)(C)C. The van der Waals surface area contributed by atoms with Crippen LogP contribution in [0, 0.1) is 5.41 Å². The summed E-state index contributed by atoms with van der Waals surface area (Å²) in [5, 5.41) is 0. The van der Waals surface area contributed by atoms with Gasteiger partial charge in [0, 0.05) is 18.4 Å². The Balaban J connectivity index is 2.47. The molecule has 106 valence electrons. The Morgan fingerprint density at radius 1 is 1.21 bits per heavy atom. The third-order valence-electron chi connectivity index (χ3n) is 3.59. The van der Waals surface area contributed by atoms with E-state index in [2.05, 4.69) is 31.2 Å². The average molecular weight is 264 g/mol. The van der Waals surface area contributed by atoms with Crippen LogP contribution in [0.25, 0.3) is 0 Å². The minimum atomic E-state index is -0.133. The molecule has 1 unspecified atom stereocenters. The van der Waals surface area contributed by atoms with Crippen LogP contribution in [0.1, 0.15) is 56.8 Å². The number of methoxy groups -OCH3 is 1. The van der Waals surface area contributed by atoms with Gasteiger partial charge in [-0.15, -0.1) is 0 Å². The van der Waals surface area contributed by atoms with Crippen LogP contribution in [0.2, 0.25) is 0 Å². The highest BCUT2D eigenvalue weighted by Gasteiger charge is 2.30. The van der Waals surface area contributed by atoms with Crippen LogP contribution in [0.3, 0.4) is 0 Å². The first-order valence-electron chi connectivity index (χ1n) is 6.86. The summed E-state index contributed by atoms with van der Waals surface area (Å²) in [6.45, 7) is 6.37. The number of nitrogens with one attached hydrogen (secondary N) is 1. The summed E-state index contributed by atoms with van der Waals surface area (Å²) < 4.78 is 5.60. The summed E-state index contributed by atoms with van der Waals surface area (Å²) in [6.07, 6.45) is 4.23. The van der Waals surface area contributed by atoms with Crippen molar-refractivity contribution in [3.8, 4) is 0 Å². The predicted molar refractivity (Wildman–Crippen MR) is 75.7 cm³/mol. The minimum absolute atomic E-state index is 0.0521. The van der Waals surface area contributed by atoms with Crippen molar-refractivity contribution in [2.45, 2.75) is 52.6 Å². The highest BCUT2D eigenvalue weighted by atomic mass is 16.5. The van der Waals surface area contributed by atoms with E-state index in [1.54, 1.807) is 7.11 Å². The fraction of sp³-hybridized carbons (Fsp3) is 0.714. The average Bonchev–Trinajstić information content (AvgIpc) is 2.37. The highest BCUT2D eigenvalue weighted by molar-refractivity contribution is 5.47. The molecule has 0 bridgehead atoms. The van der Waals surface area contributed by atoms with Crippen molar-refractivity contribution in [2.24, 2.45) is 11.3 Å². The van der Waals surface area contributed by atoms with Crippen molar-refractivity contribution >= 4 is 5.82 Å². The molecule has 19 heavy (non-hydrogen) atoms. The van der Waals surface area contributed by atoms with E-state index < -0.39 is 0 Å². The number of fused-ring (bicyclic) bond motifs is 1. The van der Waals surface area contributed by atoms with Gasteiger partial charge in [-0.1, -0.05) is 20.8 Å². The number of ether oxygens (including phenoxy) is 1. The van der Waals surface area contributed by atoms with Gasteiger partial charge < -0.3 is 10.2 Å². The lowest BCUT2D eigenvalue weighted by Gasteiger charge is -2.29. The highest BCUT2D eigenvalue weighted by Crippen LogP contribution is 2.35. The standard InChI is InChI=1S/C14H24N4O/c1-14(2,3)11(19-4)13-16-10-8-6-5-7-9(10)12(17-13)18-15/h11H,5-8,15H2,1-4H3,(H,16,17,18). The van der Waals surface area contributed by atoms with Crippen molar-refractivity contribution in [1.82, 2.24) is 9.97 Å². The first-order chi connectivity index (χ1) is 8.97. The van der Waals surface area contributed by atoms with Gasteiger partial charge in [-0.25, -0.2) is 15.8 Å².